The topological polar surface area (TPSA) is 286 Å². The number of ether oxygens (including phenoxy) is 3. The Kier molecular flexibility index (Phi) is 32.8. The van der Waals surface area contributed by atoms with Crippen molar-refractivity contribution < 1.29 is 71.4 Å². The van der Waals surface area contributed by atoms with Gasteiger partial charge in [0.2, 0.25) is 0 Å². The second-order valence-corrected chi connectivity index (χ2v) is 20.2. The van der Waals surface area contributed by atoms with Gasteiger partial charge in [0.1, 0.15) is 30.7 Å². The summed E-state index contributed by atoms with van der Waals surface area (Å²) in [5.74, 6) is -1.39. The third-order valence-corrected chi connectivity index (χ3v) is 13.6. The van der Waals surface area contributed by atoms with E-state index in [0.717, 1.165) is 62.1 Å². The number of allylic oxidation sites excluding steroid dienone is 7. The molecule has 0 amide bonds. The smallest absolute Gasteiger partial charge is 0.462 e. The molecule has 0 aromatic carbocycles. The van der Waals surface area contributed by atoms with Gasteiger partial charge in [-0.15, -0.1) is 0 Å². The third kappa shape index (κ3) is 29.6. The standard InChI is InChI=1S/C48H81N3O16P2/c1-3-5-6-7-8-9-10-12-16-19-22-25-28-32-43(53)62-36-40(65-44(54)33-29-26-23-20-17-14-11-13-15-18-21-24-27-31-39(52)30-4-2)37-63-68(58,59)67-69(60,61)64-38-41-45(55)46(56)47(66-41)51-35-34-42(49)50-48(51)57/h11,14-15,18,20,23-24,27,34-35,39-41,45-47,52,55-56H,3-10,12-13,16-17,19,21-22,25-26,28-33,36-38H2,1-2H3,(H,58,59)(H,60,61)(H2,49,50,57)/b14-11-,18-15-,23-20-,27-24-/t39?,40-,41-,45-,46-,47-/m1/s1. The van der Waals surface area contributed by atoms with E-state index < -0.39 is 83.7 Å². The van der Waals surface area contributed by atoms with Gasteiger partial charge in [-0.3, -0.25) is 23.2 Å². The van der Waals surface area contributed by atoms with Crippen LogP contribution in [0.5, 0.6) is 0 Å². The second kappa shape index (κ2) is 36.6. The zero-order valence-corrected chi connectivity index (χ0v) is 42.5. The van der Waals surface area contributed by atoms with Gasteiger partial charge in [-0.1, -0.05) is 146 Å². The highest BCUT2D eigenvalue weighted by molar-refractivity contribution is 7.61. The van der Waals surface area contributed by atoms with Crippen LogP contribution < -0.4 is 11.4 Å². The summed E-state index contributed by atoms with van der Waals surface area (Å²) in [5, 5.41) is 30.6. The number of hydrogen-bond acceptors (Lipinski definition) is 16. The molecule has 0 saturated carbocycles. The molecule has 1 fully saturated rings. The molecule has 21 heteroatoms. The molecular weight excluding hydrogens is 936 g/mol. The zero-order chi connectivity index (χ0) is 50.8. The van der Waals surface area contributed by atoms with Crippen molar-refractivity contribution >= 4 is 33.4 Å². The van der Waals surface area contributed by atoms with Crippen LogP contribution in [0.15, 0.2) is 65.7 Å². The first-order chi connectivity index (χ1) is 33.1. The fourth-order valence-electron chi connectivity index (χ4n) is 7.14. The fraction of sp³-hybridized carbons (Fsp3) is 0.708. The van der Waals surface area contributed by atoms with Gasteiger partial charge >= 0.3 is 33.3 Å². The highest BCUT2D eigenvalue weighted by Crippen LogP contribution is 2.60. The van der Waals surface area contributed by atoms with Gasteiger partial charge in [0.15, 0.2) is 12.3 Å². The van der Waals surface area contributed by atoms with Crippen LogP contribution in [0.25, 0.3) is 0 Å². The van der Waals surface area contributed by atoms with Crippen molar-refractivity contribution in [3.8, 4) is 0 Å². The molecule has 19 nitrogen and oxygen atoms in total. The first-order valence-electron chi connectivity index (χ1n) is 24.7. The van der Waals surface area contributed by atoms with Crippen molar-refractivity contribution in [2.75, 3.05) is 25.6 Å². The maximum atomic E-state index is 12.8. The third-order valence-electron chi connectivity index (χ3n) is 11.0. The number of esters is 2. The molecule has 2 heterocycles. The lowest BCUT2D eigenvalue weighted by Crippen LogP contribution is -2.36. The Hall–Kier alpha value is -3.32. The number of carbonyl (C=O) groups excluding carboxylic acids is 2. The van der Waals surface area contributed by atoms with Gasteiger partial charge in [0.05, 0.1) is 19.3 Å². The first kappa shape index (κ1) is 61.8. The molecular formula is C48H81N3O16P2. The van der Waals surface area contributed by atoms with Crippen molar-refractivity contribution in [1.29, 1.82) is 0 Å². The van der Waals surface area contributed by atoms with Gasteiger partial charge < -0.3 is 45.1 Å². The van der Waals surface area contributed by atoms with Crippen LogP contribution >= 0.6 is 15.6 Å². The van der Waals surface area contributed by atoms with E-state index in [1.54, 1.807) is 0 Å². The van der Waals surface area contributed by atoms with Crippen molar-refractivity contribution in [1.82, 2.24) is 9.55 Å². The average molecular weight is 1020 g/mol. The number of phosphoric ester groups is 2. The number of nitrogen functional groups attached to an aromatic ring is 1. The van der Waals surface area contributed by atoms with Gasteiger partial charge in [0.25, 0.3) is 0 Å². The molecule has 1 aromatic rings. The predicted molar refractivity (Wildman–Crippen MR) is 262 cm³/mol. The largest absolute Gasteiger partial charge is 0.481 e. The van der Waals surface area contributed by atoms with E-state index in [1.165, 1.54) is 57.4 Å². The molecule has 69 heavy (non-hydrogen) atoms. The fourth-order valence-corrected chi connectivity index (χ4v) is 9.25. The quantitative estimate of drug-likeness (QED) is 0.0155. The number of aliphatic hydroxyl groups is 3. The molecule has 0 aliphatic carbocycles. The lowest BCUT2D eigenvalue weighted by molar-refractivity contribution is -0.161. The minimum absolute atomic E-state index is 0.0402. The van der Waals surface area contributed by atoms with Crippen LogP contribution in [-0.2, 0) is 46.3 Å². The van der Waals surface area contributed by atoms with Crippen LogP contribution in [0.4, 0.5) is 5.82 Å². The van der Waals surface area contributed by atoms with Gasteiger partial charge in [-0.2, -0.15) is 9.29 Å². The molecule has 0 bridgehead atoms. The number of rotatable bonds is 40. The maximum Gasteiger partial charge on any atom is 0.481 e. The van der Waals surface area contributed by atoms with E-state index in [0.29, 0.717) is 32.1 Å². The monoisotopic (exact) mass is 1020 g/mol. The molecule has 3 unspecified atom stereocenters. The van der Waals surface area contributed by atoms with Crippen LogP contribution in [0.1, 0.15) is 168 Å². The Morgan fingerprint density at radius 1 is 0.754 bits per heavy atom. The summed E-state index contributed by atoms with van der Waals surface area (Å²) in [4.78, 5) is 61.8. The zero-order valence-electron chi connectivity index (χ0n) is 40.7. The molecule has 1 aliphatic rings. The number of phosphoric acid groups is 2. The lowest BCUT2D eigenvalue weighted by Gasteiger charge is -2.21. The van der Waals surface area contributed by atoms with Crippen LogP contribution in [0.3, 0.4) is 0 Å². The van der Waals surface area contributed by atoms with E-state index in [-0.39, 0.29) is 24.8 Å². The highest BCUT2D eigenvalue weighted by atomic mass is 31.3. The summed E-state index contributed by atoms with van der Waals surface area (Å²) >= 11 is 0. The Morgan fingerprint density at radius 2 is 1.30 bits per heavy atom. The molecule has 0 spiro atoms. The number of carbonyl (C=O) groups is 2. The summed E-state index contributed by atoms with van der Waals surface area (Å²) in [5.41, 5.74) is 4.57. The number of nitrogens with two attached hydrogens (primary N) is 1. The lowest BCUT2D eigenvalue weighted by atomic mass is 10.0. The predicted octanol–water partition coefficient (Wildman–Crippen LogP) is 8.75. The number of aliphatic hydroxyl groups excluding tert-OH is 3. The van der Waals surface area contributed by atoms with E-state index in [4.69, 9.17) is 29.0 Å². The summed E-state index contributed by atoms with van der Waals surface area (Å²) in [6.07, 6.45) is 29.8. The Balaban J connectivity index is 1.84. The Bertz CT molecular complexity index is 1860. The van der Waals surface area contributed by atoms with Crippen LogP contribution in [0, 0.1) is 0 Å². The number of anilines is 1. The van der Waals surface area contributed by atoms with Gasteiger partial charge in [0, 0.05) is 19.0 Å². The number of nitrogens with zero attached hydrogens (tertiary/aromatic N) is 2. The van der Waals surface area contributed by atoms with Crippen molar-refractivity contribution in [2.45, 2.75) is 198 Å². The molecule has 8 atom stereocenters. The summed E-state index contributed by atoms with van der Waals surface area (Å²) in [6, 6.07) is 1.24. The second-order valence-electron chi connectivity index (χ2n) is 17.1. The molecule has 1 aliphatic heterocycles. The number of hydrogen-bond donors (Lipinski definition) is 6. The SMILES string of the molecule is CCCCCCCCCCCCCCCC(=O)OC[C@H](COP(=O)(O)OP(=O)(O)OC[C@H]1O[C@@H](n2ccc(N)nc2=O)[C@H](O)[C@@H]1O)OC(=O)CCC/C=C\C/C=C\C/C=C\C/C=C\CC(O)CCC. The maximum absolute atomic E-state index is 12.8. The van der Waals surface area contributed by atoms with Crippen molar-refractivity contribution in [3.05, 3.63) is 71.4 Å². The normalized spacial score (nSPS) is 20.2. The number of aromatic nitrogens is 2. The van der Waals surface area contributed by atoms with E-state index in [2.05, 4.69) is 34.4 Å². The molecule has 1 aromatic heterocycles. The van der Waals surface area contributed by atoms with Crippen LogP contribution in [-0.4, -0.2) is 96.9 Å². The minimum Gasteiger partial charge on any atom is -0.462 e. The molecule has 394 valence electrons. The summed E-state index contributed by atoms with van der Waals surface area (Å²) < 4.78 is 56.6. The summed E-state index contributed by atoms with van der Waals surface area (Å²) in [7, 11) is -10.9. The van der Waals surface area contributed by atoms with E-state index in [9.17, 15) is 48.6 Å². The minimum atomic E-state index is -5.44. The van der Waals surface area contributed by atoms with E-state index in [1.807, 2.05) is 37.3 Å². The summed E-state index contributed by atoms with van der Waals surface area (Å²) in [6.45, 7) is 1.89. The van der Waals surface area contributed by atoms with Crippen molar-refractivity contribution in [2.24, 2.45) is 0 Å². The van der Waals surface area contributed by atoms with Gasteiger partial charge in [-0.05, 0) is 57.4 Å². The molecule has 1 saturated heterocycles. The number of unbranched alkanes of at least 4 members (excludes halogenated alkanes) is 13. The van der Waals surface area contributed by atoms with Crippen LogP contribution in [0.2, 0.25) is 0 Å². The van der Waals surface area contributed by atoms with Gasteiger partial charge in [-0.25, -0.2) is 13.9 Å². The highest BCUT2D eigenvalue weighted by Gasteiger charge is 2.46. The Morgan fingerprint density at radius 3 is 1.90 bits per heavy atom. The average Bonchev–Trinajstić information content (AvgIpc) is 3.57. The molecule has 7 N–H and O–H groups in total. The van der Waals surface area contributed by atoms with Crippen molar-refractivity contribution in [3.63, 3.8) is 0 Å². The Labute approximate surface area is 408 Å². The molecule has 2 rings (SSSR count). The van der Waals surface area contributed by atoms with E-state index >= 15 is 0 Å². The first-order valence-corrected chi connectivity index (χ1v) is 27.7. The molecule has 0 radical (unpaired) electrons.